The lowest BCUT2D eigenvalue weighted by Gasteiger charge is -2.28. The SMILES string of the molecule is O=C(O)N1CCc2cnc(NC3CCC(O)CC3)nc2C1. The number of amides is 1. The van der Waals surface area contributed by atoms with Crippen LogP contribution in [0.15, 0.2) is 6.20 Å². The minimum Gasteiger partial charge on any atom is -0.465 e. The number of aliphatic hydroxyl groups excluding tert-OH is 1. The molecule has 1 fully saturated rings. The Morgan fingerprint density at radius 2 is 2.10 bits per heavy atom. The third kappa shape index (κ3) is 3.24. The maximum atomic E-state index is 11.0. The average Bonchev–Trinajstić information content (AvgIpc) is 2.49. The van der Waals surface area contributed by atoms with Crippen LogP contribution in [0.2, 0.25) is 0 Å². The van der Waals surface area contributed by atoms with E-state index in [0.29, 0.717) is 25.5 Å². The van der Waals surface area contributed by atoms with Gasteiger partial charge in [-0.15, -0.1) is 0 Å². The summed E-state index contributed by atoms with van der Waals surface area (Å²) in [5, 5.41) is 21.9. The van der Waals surface area contributed by atoms with Crippen LogP contribution in [0.5, 0.6) is 0 Å². The second kappa shape index (κ2) is 5.85. The largest absolute Gasteiger partial charge is 0.465 e. The number of anilines is 1. The third-order valence-electron chi connectivity index (χ3n) is 4.25. The van der Waals surface area contributed by atoms with Gasteiger partial charge in [0, 0.05) is 18.8 Å². The Morgan fingerprint density at radius 3 is 2.81 bits per heavy atom. The molecule has 0 spiro atoms. The van der Waals surface area contributed by atoms with Crippen LogP contribution < -0.4 is 5.32 Å². The Balaban J connectivity index is 1.68. The van der Waals surface area contributed by atoms with Gasteiger partial charge in [-0.1, -0.05) is 0 Å². The third-order valence-corrected chi connectivity index (χ3v) is 4.25. The number of hydrogen-bond acceptors (Lipinski definition) is 5. The highest BCUT2D eigenvalue weighted by atomic mass is 16.4. The molecule has 1 saturated carbocycles. The molecule has 0 radical (unpaired) electrons. The fourth-order valence-corrected chi connectivity index (χ4v) is 2.94. The van der Waals surface area contributed by atoms with E-state index >= 15 is 0 Å². The van der Waals surface area contributed by atoms with Crippen LogP contribution in [0.3, 0.4) is 0 Å². The van der Waals surface area contributed by atoms with E-state index in [2.05, 4.69) is 15.3 Å². The van der Waals surface area contributed by atoms with Crippen LogP contribution in [0.4, 0.5) is 10.7 Å². The molecular formula is C14H20N4O3. The van der Waals surface area contributed by atoms with Gasteiger partial charge >= 0.3 is 6.09 Å². The van der Waals surface area contributed by atoms with Gasteiger partial charge in [0.15, 0.2) is 0 Å². The molecule has 0 aromatic carbocycles. The van der Waals surface area contributed by atoms with Gasteiger partial charge in [0.1, 0.15) is 0 Å². The van der Waals surface area contributed by atoms with E-state index in [1.807, 2.05) is 0 Å². The molecule has 21 heavy (non-hydrogen) atoms. The number of carbonyl (C=O) groups is 1. The van der Waals surface area contributed by atoms with Crippen molar-refractivity contribution in [2.45, 2.75) is 50.8 Å². The van der Waals surface area contributed by atoms with E-state index in [0.717, 1.165) is 36.9 Å². The Bertz CT molecular complexity index is 529. The average molecular weight is 292 g/mol. The number of fused-ring (bicyclic) bond motifs is 1. The van der Waals surface area contributed by atoms with Crippen molar-refractivity contribution in [1.29, 1.82) is 0 Å². The molecule has 114 valence electrons. The number of carboxylic acid groups (broad SMARTS) is 1. The van der Waals surface area contributed by atoms with Crippen molar-refractivity contribution in [1.82, 2.24) is 14.9 Å². The van der Waals surface area contributed by atoms with Gasteiger partial charge in [-0.2, -0.15) is 0 Å². The summed E-state index contributed by atoms with van der Waals surface area (Å²) >= 11 is 0. The first kappa shape index (κ1) is 14.1. The van der Waals surface area contributed by atoms with Crippen LogP contribution in [0.25, 0.3) is 0 Å². The maximum absolute atomic E-state index is 11.0. The predicted octanol–water partition coefficient (Wildman–Crippen LogP) is 1.23. The standard InChI is InChI=1S/C14H20N4O3/c19-11-3-1-10(2-4-11)16-13-15-7-9-5-6-18(14(20)21)8-12(9)17-13/h7,10-11,19H,1-6,8H2,(H,20,21)(H,15,16,17). The Kier molecular flexibility index (Phi) is 3.92. The van der Waals surface area contributed by atoms with Crippen molar-refractivity contribution in [3.8, 4) is 0 Å². The molecule has 1 aromatic heterocycles. The molecule has 1 aromatic rings. The van der Waals surface area contributed by atoms with Gasteiger partial charge in [-0.05, 0) is 37.7 Å². The van der Waals surface area contributed by atoms with Crippen molar-refractivity contribution in [2.75, 3.05) is 11.9 Å². The first-order valence-corrected chi connectivity index (χ1v) is 7.39. The number of nitrogens with one attached hydrogen (secondary N) is 1. The van der Waals surface area contributed by atoms with Gasteiger partial charge in [-0.3, -0.25) is 0 Å². The van der Waals surface area contributed by atoms with Gasteiger partial charge in [0.25, 0.3) is 0 Å². The summed E-state index contributed by atoms with van der Waals surface area (Å²) < 4.78 is 0. The lowest BCUT2D eigenvalue weighted by atomic mass is 9.93. The molecule has 1 aliphatic heterocycles. The number of rotatable bonds is 2. The minimum atomic E-state index is -0.907. The molecule has 2 heterocycles. The van der Waals surface area contributed by atoms with Crippen molar-refractivity contribution < 1.29 is 15.0 Å². The zero-order chi connectivity index (χ0) is 14.8. The van der Waals surface area contributed by atoms with Gasteiger partial charge in [0.2, 0.25) is 5.95 Å². The summed E-state index contributed by atoms with van der Waals surface area (Å²) in [6, 6.07) is 0.283. The summed E-state index contributed by atoms with van der Waals surface area (Å²) in [6.45, 7) is 0.824. The van der Waals surface area contributed by atoms with Gasteiger partial charge < -0.3 is 20.4 Å². The highest BCUT2D eigenvalue weighted by Gasteiger charge is 2.23. The van der Waals surface area contributed by atoms with Crippen molar-refractivity contribution >= 4 is 12.0 Å². The van der Waals surface area contributed by atoms with Crippen LogP contribution in [0.1, 0.15) is 36.9 Å². The summed E-state index contributed by atoms with van der Waals surface area (Å²) in [7, 11) is 0. The van der Waals surface area contributed by atoms with Crippen LogP contribution in [-0.2, 0) is 13.0 Å². The Morgan fingerprint density at radius 1 is 1.33 bits per heavy atom. The lowest BCUT2D eigenvalue weighted by Crippen LogP contribution is -2.36. The number of aliphatic hydroxyl groups is 1. The van der Waals surface area contributed by atoms with E-state index in [9.17, 15) is 9.90 Å². The quantitative estimate of drug-likeness (QED) is 0.758. The van der Waals surface area contributed by atoms with Gasteiger partial charge in [-0.25, -0.2) is 14.8 Å². The molecule has 2 aliphatic rings. The van der Waals surface area contributed by atoms with Gasteiger partial charge in [0.05, 0.1) is 18.3 Å². The fourth-order valence-electron chi connectivity index (χ4n) is 2.94. The monoisotopic (exact) mass is 292 g/mol. The topological polar surface area (TPSA) is 98.6 Å². The molecule has 0 bridgehead atoms. The fraction of sp³-hybridized carbons (Fsp3) is 0.643. The molecular weight excluding hydrogens is 272 g/mol. The summed E-state index contributed by atoms with van der Waals surface area (Å²) in [6.07, 6.45) is 4.78. The molecule has 3 rings (SSSR count). The Hall–Kier alpha value is -1.89. The van der Waals surface area contributed by atoms with E-state index < -0.39 is 6.09 Å². The smallest absolute Gasteiger partial charge is 0.407 e. The molecule has 0 saturated heterocycles. The number of aromatic nitrogens is 2. The zero-order valence-electron chi connectivity index (χ0n) is 11.8. The molecule has 0 atom stereocenters. The predicted molar refractivity (Wildman–Crippen MR) is 76.1 cm³/mol. The molecule has 7 nitrogen and oxygen atoms in total. The Labute approximate surface area is 123 Å². The van der Waals surface area contributed by atoms with E-state index in [-0.39, 0.29) is 12.1 Å². The molecule has 3 N–H and O–H groups in total. The normalized spacial score (nSPS) is 25.3. The zero-order valence-corrected chi connectivity index (χ0v) is 11.8. The lowest BCUT2D eigenvalue weighted by molar-refractivity contribution is 0.126. The van der Waals surface area contributed by atoms with E-state index in [1.165, 1.54) is 4.90 Å². The summed E-state index contributed by atoms with van der Waals surface area (Å²) in [5.41, 5.74) is 1.81. The number of hydrogen-bond donors (Lipinski definition) is 3. The molecule has 1 amide bonds. The van der Waals surface area contributed by atoms with E-state index in [1.54, 1.807) is 6.20 Å². The van der Waals surface area contributed by atoms with Crippen molar-refractivity contribution in [3.63, 3.8) is 0 Å². The van der Waals surface area contributed by atoms with Crippen molar-refractivity contribution in [3.05, 3.63) is 17.5 Å². The van der Waals surface area contributed by atoms with Crippen LogP contribution in [-0.4, -0.2) is 49.9 Å². The highest BCUT2D eigenvalue weighted by Crippen LogP contribution is 2.22. The second-order valence-corrected chi connectivity index (χ2v) is 5.77. The van der Waals surface area contributed by atoms with Crippen LogP contribution in [0, 0.1) is 0 Å². The molecule has 1 aliphatic carbocycles. The number of nitrogens with zero attached hydrogens (tertiary/aromatic N) is 3. The summed E-state index contributed by atoms with van der Waals surface area (Å²) in [4.78, 5) is 21.2. The summed E-state index contributed by atoms with van der Waals surface area (Å²) in [5.74, 6) is 0.558. The van der Waals surface area contributed by atoms with Crippen LogP contribution >= 0.6 is 0 Å². The second-order valence-electron chi connectivity index (χ2n) is 5.77. The first-order valence-electron chi connectivity index (χ1n) is 7.39. The first-order chi connectivity index (χ1) is 10.1. The van der Waals surface area contributed by atoms with E-state index in [4.69, 9.17) is 5.11 Å². The minimum absolute atomic E-state index is 0.184. The highest BCUT2D eigenvalue weighted by molar-refractivity contribution is 5.65. The maximum Gasteiger partial charge on any atom is 0.407 e. The van der Waals surface area contributed by atoms with Crippen molar-refractivity contribution in [2.24, 2.45) is 0 Å². The molecule has 7 heteroatoms. The molecule has 0 unspecified atom stereocenters.